The van der Waals surface area contributed by atoms with Crippen LogP contribution in [0.1, 0.15) is 23.2 Å². The molecule has 2 aliphatic heterocycles. The van der Waals surface area contributed by atoms with Gasteiger partial charge < -0.3 is 15.0 Å². The average molecular weight is 296 g/mol. The van der Waals surface area contributed by atoms with Crippen molar-refractivity contribution in [3.05, 3.63) is 29.8 Å². The van der Waals surface area contributed by atoms with E-state index in [9.17, 15) is 13.6 Å². The van der Waals surface area contributed by atoms with Gasteiger partial charge in [0.25, 0.3) is 5.91 Å². The Kier molecular flexibility index (Phi) is 4.05. The molecule has 1 amide bonds. The van der Waals surface area contributed by atoms with Gasteiger partial charge in [-0.15, -0.1) is 0 Å². The Hall–Kier alpha value is -1.69. The highest BCUT2D eigenvalue weighted by Gasteiger charge is 2.36. The molecular formula is C15H18F2N2O2. The number of hydrogen-bond donors (Lipinski definition) is 1. The van der Waals surface area contributed by atoms with Crippen LogP contribution in [0.4, 0.5) is 8.78 Å². The van der Waals surface area contributed by atoms with Gasteiger partial charge in [0.05, 0.1) is 0 Å². The van der Waals surface area contributed by atoms with Crippen LogP contribution in [0, 0.1) is 5.92 Å². The highest BCUT2D eigenvalue weighted by molar-refractivity contribution is 5.94. The van der Waals surface area contributed by atoms with E-state index in [0.717, 1.165) is 25.9 Å². The predicted octanol–water partition coefficient (Wildman–Crippen LogP) is 2.11. The maximum Gasteiger partial charge on any atom is 0.387 e. The highest BCUT2D eigenvalue weighted by atomic mass is 19.3. The molecule has 3 rings (SSSR count). The second-order valence-electron chi connectivity index (χ2n) is 5.58. The molecule has 2 aliphatic rings. The van der Waals surface area contributed by atoms with Crippen molar-refractivity contribution in [1.29, 1.82) is 0 Å². The van der Waals surface area contributed by atoms with Crippen molar-refractivity contribution in [3.8, 4) is 5.75 Å². The van der Waals surface area contributed by atoms with Gasteiger partial charge in [0.15, 0.2) is 0 Å². The first-order chi connectivity index (χ1) is 10.1. The minimum absolute atomic E-state index is 0.0191. The quantitative estimate of drug-likeness (QED) is 0.929. The van der Waals surface area contributed by atoms with Gasteiger partial charge in [-0.1, -0.05) is 6.07 Å². The maximum atomic E-state index is 12.5. The summed E-state index contributed by atoms with van der Waals surface area (Å²) in [4.78, 5) is 14.3. The molecule has 0 aromatic heterocycles. The van der Waals surface area contributed by atoms with E-state index in [1.807, 2.05) is 0 Å². The van der Waals surface area contributed by atoms with Crippen molar-refractivity contribution < 1.29 is 18.3 Å². The molecule has 2 saturated heterocycles. The Bertz CT molecular complexity index is 510. The number of hydrogen-bond acceptors (Lipinski definition) is 3. The summed E-state index contributed by atoms with van der Waals surface area (Å²) in [6.45, 7) is -0.463. The fourth-order valence-corrected chi connectivity index (χ4v) is 3.20. The zero-order valence-corrected chi connectivity index (χ0v) is 11.6. The molecule has 114 valence electrons. The van der Waals surface area contributed by atoms with Gasteiger partial charge in [0.2, 0.25) is 0 Å². The molecule has 21 heavy (non-hydrogen) atoms. The number of rotatable bonds is 3. The molecule has 0 saturated carbocycles. The molecule has 0 aliphatic carbocycles. The zero-order chi connectivity index (χ0) is 14.8. The van der Waals surface area contributed by atoms with Crippen molar-refractivity contribution >= 4 is 5.91 Å². The molecule has 2 fully saturated rings. The molecule has 4 nitrogen and oxygen atoms in total. The zero-order valence-electron chi connectivity index (χ0n) is 11.6. The predicted molar refractivity (Wildman–Crippen MR) is 73.5 cm³/mol. The summed E-state index contributed by atoms with van der Waals surface area (Å²) in [6.07, 6.45) is 2.27. The number of carbonyl (C=O) groups is 1. The lowest BCUT2D eigenvalue weighted by Gasteiger charge is -2.24. The van der Waals surface area contributed by atoms with Crippen LogP contribution in [0.25, 0.3) is 0 Å². The minimum Gasteiger partial charge on any atom is -0.435 e. The molecule has 0 unspecified atom stereocenters. The second kappa shape index (κ2) is 5.97. The number of carbonyl (C=O) groups excluding carboxylic acids is 1. The largest absolute Gasteiger partial charge is 0.435 e. The normalized spacial score (nSPS) is 25.0. The van der Waals surface area contributed by atoms with Gasteiger partial charge in [-0.25, -0.2) is 0 Å². The number of nitrogens with one attached hydrogen (secondary N) is 1. The van der Waals surface area contributed by atoms with Gasteiger partial charge in [-0.2, -0.15) is 8.78 Å². The van der Waals surface area contributed by atoms with Gasteiger partial charge in [-0.3, -0.25) is 4.79 Å². The maximum absolute atomic E-state index is 12.5. The highest BCUT2D eigenvalue weighted by Crippen LogP contribution is 2.26. The van der Waals surface area contributed by atoms with Crippen LogP contribution in [0.3, 0.4) is 0 Å². The first-order valence-electron chi connectivity index (χ1n) is 7.21. The molecule has 1 N–H and O–H groups in total. The molecule has 6 heteroatoms. The number of piperidine rings is 1. The molecule has 0 radical (unpaired) electrons. The van der Waals surface area contributed by atoms with Gasteiger partial charge in [-0.05, 0) is 43.5 Å². The lowest BCUT2D eigenvalue weighted by molar-refractivity contribution is -0.0499. The van der Waals surface area contributed by atoms with Gasteiger partial charge >= 0.3 is 6.61 Å². The fraction of sp³-hybridized carbons (Fsp3) is 0.533. The van der Waals surface area contributed by atoms with E-state index < -0.39 is 6.61 Å². The number of halogens is 2. The number of amides is 1. The van der Waals surface area contributed by atoms with Crippen LogP contribution < -0.4 is 10.1 Å². The Morgan fingerprint density at radius 1 is 1.38 bits per heavy atom. The third kappa shape index (κ3) is 3.15. The Labute approximate surface area is 122 Å². The molecule has 0 spiro atoms. The summed E-state index contributed by atoms with van der Waals surface area (Å²) in [6, 6.07) is 6.36. The molecule has 2 heterocycles. The number of ether oxygens (including phenoxy) is 1. The smallest absolute Gasteiger partial charge is 0.387 e. The van der Waals surface area contributed by atoms with Crippen molar-refractivity contribution in [3.63, 3.8) is 0 Å². The molecular weight excluding hydrogens is 278 g/mol. The number of nitrogens with zero attached hydrogens (tertiary/aromatic N) is 1. The lowest BCUT2D eigenvalue weighted by atomic mass is 9.94. The minimum atomic E-state index is -2.88. The van der Waals surface area contributed by atoms with Crippen LogP contribution in [-0.4, -0.2) is 43.1 Å². The second-order valence-corrected chi connectivity index (χ2v) is 5.58. The first-order valence-corrected chi connectivity index (χ1v) is 7.21. The molecule has 0 bridgehead atoms. The van der Waals surface area contributed by atoms with E-state index in [0.29, 0.717) is 24.1 Å². The SMILES string of the molecule is O=C(c1cccc(OC(F)F)c1)N1C[C@@H]2CCCN[C@@H]2C1. The Morgan fingerprint density at radius 2 is 2.24 bits per heavy atom. The average Bonchev–Trinajstić information content (AvgIpc) is 2.90. The van der Waals surface area contributed by atoms with Crippen LogP contribution in [0.5, 0.6) is 5.75 Å². The third-order valence-corrected chi connectivity index (χ3v) is 4.19. The topological polar surface area (TPSA) is 41.6 Å². The number of alkyl halides is 2. The summed E-state index contributed by atoms with van der Waals surface area (Å²) in [5.41, 5.74) is 0.395. The van der Waals surface area contributed by atoms with Crippen LogP contribution in [-0.2, 0) is 0 Å². The van der Waals surface area contributed by atoms with Crippen molar-refractivity contribution in [2.24, 2.45) is 5.92 Å². The van der Waals surface area contributed by atoms with Gasteiger partial charge in [0, 0.05) is 24.7 Å². The van der Waals surface area contributed by atoms with Crippen molar-refractivity contribution in [2.75, 3.05) is 19.6 Å². The van der Waals surface area contributed by atoms with E-state index in [1.165, 1.54) is 12.1 Å². The Morgan fingerprint density at radius 3 is 3.00 bits per heavy atom. The molecule has 1 aromatic carbocycles. The summed E-state index contributed by atoms with van der Waals surface area (Å²) in [7, 11) is 0. The molecule has 1 aromatic rings. The van der Waals surface area contributed by atoms with Crippen LogP contribution >= 0.6 is 0 Å². The van der Waals surface area contributed by atoms with Crippen LogP contribution in [0.15, 0.2) is 24.3 Å². The van der Waals surface area contributed by atoms with E-state index in [-0.39, 0.29) is 11.7 Å². The third-order valence-electron chi connectivity index (χ3n) is 4.19. The standard InChI is InChI=1S/C15H18F2N2O2/c16-15(17)21-12-5-1-3-10(7-12)14(20)19-8-11-4-2-6-18-13(11)9-19/h1,3,5,7,11,13,15,18H,2,4,6,8-9H2/t11-,13+/m0/s1. The number of likely N-dealkylation sites (tertiary alicyclic amines) is 1. The van der Waals surface area contributed by atoms with Crippen molar-refractivity contribution in [2.45, 2.75) is 25.5 Å². The summed E-state index contributed by atoms with van der Waals surface area (Å²) < 4.78 is 28.8. The van der Waals surface area contributed by atoms with Crippen molar-refractivity contribution in [1.82, 2.24) is 10.2 Å². The first kappa shape index (κ1) is 14.3. The van der Waals surface area contributed by atoms with E-state index in [1.54, 1.807) is 17.0 Å². The fourth-order valence-electron chi connectivity index (χ4n) is 3.20. The van der Waals surface area contributed by atoms with E-state index in [4.69, 9.17) is 0 Å². The summed E-state index contributed by atoms with van der Waals surface area (Å²) in [5.74, 6) is 0.403. The Balaban J connectivity index is 1.70. The number of fused-ring (bicyclic) bond motifs is 1. The van der Waals surface area contributed by atoms with E-state index in [2.05, 4.69) is 10.1 Å². The lowest BCUT2D eigenvalue weighted by Crippen LogP contribution is -2.41. The monoisotopic (exact) mass is 296 g/mol. The summed E-state index contributed by atoms with van der Waals surface area (Å²) in [5, 5.41) is 3.44. The van der Waals surface area contributed by atoms with E-state index >= 15 is 0 Å². The summed E-state index contributed by atoms with van der Waals surface area (Å²) >= 11 is 0. The molecule has 2 atom stereocenters. The van der Waals surface area contributed by atoms with Gasteiger partial charge in [0.1, 0.15) is 5.75 Å². The van der Waals surface area contributed by atoms with Crippen LogP contribution in [0.2, 0.25) is 0 Å². The number of benzene rings is 1.